The zero-order valence-corrected chi connectivity index (χ0v) is 11.3. The minimum atomic E-state index is -3.19. The number of alkyl halides is 1. The topological polar surface area (TPSA) is 49.4 Å². The van der Waals surface area contributed by atoms with Crippen LogP contribution < -0.4 is 4.72 Å². The van der Waals surface area contributed by atoms with Crippen LogP contribution in [0.3, 0.4) is 0 Å². The lowest BCUT2D eigenvalue weighted by atomic mass is 10.0. The van der Waals surface area contributed by atoms with Crippen LogP contribution in [0.4, 0.5) is 0 Å². The predicted octanol–water partition coefficient (Wildman–Crippen LogP) is 0.988. The Morgan fingerprint density at radius 2 is 2.00 bits per heavy atom. The van der Waals surface area contributed by atoms with Gasteiger partial charge in [-0.25, -0.2) is 4.72 Å². The number of nitrogens with one attached hydrogen (secondary N) is 1. The summed E-state index contributed by atoms with van der Waals surface area (Å²) in [5.41, 5.74) is 0. The van der Waals surface area contributed by atoms with Crippen molar-refractivity contribution in [2.75, 3.05) is 24.1 Å². The zero-order valence-electron chi connectivity index (χ0n) is 8.37. The van der Waals surface area contributed by atoms with Crippen LogP contribution in [0.2, 0.25) is 0 Å². The SMILES string of the molecule is CC1CCN(S(=O)(=O)NCCI)CC1. The molecule has 1 fully saturated rings. The summed E-state index contributed by atoms with van der Waals surface area (Å²) in [6, 6.07) is 0. The van der Waals surface area contributed by atoms with Gasteiger partial charge < -0.3 is 0 Å². The average Bonchev–Trinajstić information content (AvgIpc) is 2.16. The molecule has 84 valence electrons. The fourth-order valence-corrected chi connectivity index (χ4v) is 3.35. The molecule has 0 bridgehead atoms. The van der Waals surface area contributed by atoms with Crippen molar-refractivity contribution >= 4 is 32.8 Å². The fraction of sp³-hybridized carbons (Fsp3) is 1.00. The van der Waals surface area contributed by atoms with Crippen molar-refractivity contribution in [1.29, 1.82) is 0 Å². The van der Waals surface area contributed by atoms with Gasteiger partial charge in [-0.3, -0.25) is 0 Å². The highest BCUT2D eigenvalue weighted by Gasteiger charge is 2.25. The lowest BCUT2D eigenvalue weighted by Crippen LogP contribution is -2.45. The summed E-state index contributed by atoms with van der Waals surface area (Å²) >= 11 is 2.16. The molecule has 6 heteroatoms. The molecule has 4 nitrogen and oxygen atoms in total. The Morgan fingerprint density at radius 1 is 1.43 bits per heavy atom. The number of rotatable bonds is 4. The molecular formula is C8H17IN2O2S. The van der Waals surface area contributed by atoms with Crippen LogP contribution >= 0.6 is 22.6 Å². The van der Waals surface area contributed by atoms with Gasteiger partial charge in [0.1, 0.15) is 0 Å². The molecule has 0 aliphatic carbocycles. The maximum atomic E-state index is 11.7. The first kappa shape index (κ1) is 12.7. The summed E-state index contributed by atoms with van der Waals surface area (Å²) in [6.07, 6.45) is 1.95. The van der Waals surface area contributed by atoms with Gasteiger partial charge in [-0.15, -0.1) is 0 Å². The molecular weight excluding hydrogens is 315 g/mol. The van der Waals surface area contributed by atoms with Crippen molar-refractivity contribution in [3.63, 3.8) is 0 Å². The van der Waals surface area contributed by atoms with E-state index in [-0.39, 0.29) is 0 Å². The van der Waals surface area contributed by atoms with Gasteiger partial charge in [0.05, 0.1) is 0 Å². The maximum absolute atomic E-state index is 11.7. The first-order chi connectivity index (χ1) is 6.56. The third-order valence-electron chi connectivity index (χ3n) is 2.46. The first-order valence-corrected chi connectivity index (χ1v) is 7.83. The maximum Gasteiger partial charge on any atom is 0.279 e. The van der Waals surface area contributed by atoms with Crippen LogP contribution in [-0.2, 0) is 10.2 Å². The predicted molar refractivity (Wildman–Crippen MR) is 65.8 cm³/mol. The van der Waals surface area contributed by atoms with E-state index >= 15 is 0 Å². The van der Waals surface area contributed by atoms with Crippen molar-refractivity contribution in [2.45, 2.75) is 19.8 Å². The third-order valence-corrected chi connectivity index (χ3v) is 4.61. The standard InChI is InChI=1S/C8H17IN2O2S/c1-8-2-6-11(7-3-8)14(12,13)10-5-4-9/h8,10H,2-7H2,1H3. The van der Waals surface area contributed by atoms with E-state index in [1.807, 2.05) is 0 Å². The molecule has 1 saturated heterocycles. The van der Waals surface area contributed by atoms with E-state index in [0.717, 1.165) is 17.3 Å². The smallest absolute Gasteiger partial charge is 0.201 e. The van der Waals surface area contributed by atoms with E-state index in [4.69, 9.17) is 0 Å². The fourth-order valence-electron chi connectivity index (χ4n) is 1.48. The van der Waals surface area contributed by atoms with E-state index < -0.39 is 10.2 Å². The number of hydrogen-bond donors (Lipinski definition) is 1. The lowest BCUT2D eigenvalue weighted by molar-refractivity contribution is 0.285. The van der Waals surface area contributed by atoms with Crippen molar-refractivity contribution in [3.8, 4) is 0 Å². The van der Waals surface area contributed by atoms with Crippen molar-refractivity contribution in [2.24, 2.45) is 5.92 Å². The van der Waals surface area contributed by atoms with Crippen LogP contribution in [0.15, 0.2) is 0 Å². The highest BCUT2D eigenvalue weighted by Crippen LogP contribution is 2.17. The number of halogens is 1. The number of nitrogens with zero attached hydrogens (tertiary/aromatic N) is 1. The zero-order chi connectivity index (χ0) is 10.6. The molecule has 0 spiro atoms. The van der Waals surface area contributed by atoms with Gasteiger partial charge in [-0.05, 0) is 18.8 Å². The second-order valence-corrected chi connectivity index (χ2v) is 6.50. The van der Waals surface area contributed by atoms with Gasteiger partial charge in [0.25, 0.3) is 10.2 Å². The molecule has 0 atom stereocenters. The summed E-state index contributed by atoms with van der Waals surface area (Å²) < 4.78 is 28.3. The molecule has 1 rings (SSSR count). The highest BCUT2D eigenvalue weighted by atomic mass is 127. The molecule has 0 unspecified atom stereocenters. The Balaban J connectivity index is 2.47. The third kappa shape index (κ3) is 3.63. The molecule has 0 aromatic rings. The average molecular weight is 332 g/mol. The molecule has 0 aromatic heterocycles. The van der Waals surface area contributed by atoms with Crippen LogP contribution in [0.25, 0.3) is 0 Å². The van der Waals surface area contributed by atoms with Crippen LogP contribution in [0.1, 0.15) is 19.8 Å². The van der Waals surface area contributed by atoms with Gasteiger partial charge in [0.2, 0.25) is 0 Å². The first-order valence-electron chi connectivity index (χ1n) is 4.87. The van der Waals surface area contributed by atoms with Crippen molar-refractivity contribution < 1.29 is 8.42 Å². The van der Waals surface area contributed by atoms with Crippen molar-refractivity contribution in [3.05, 3.63) is 0 Å². The van der Waals surface area contributed by atoms with E-state index in [0.29, 0.717) is 25.6 Å². The van der Waals surface area contributed by atoms with Crippen LogP contribution in [0.5, 0.6) is 0 Å². The second kappa shape index (κ2) is 5.62. The molecule has 0 amide bonds. The van der Waals surface area contributed by atoms with Crippen LogP contribution in [-0.4, -0.2) is 36.8 Å². The summed E-state index contributed by atoms with van der Waals surface area (Å²) in [5, 5.41) is 0. The monoisotopic (exact) mass is 332 g/mol. The molecule has 1 aliphatic rings. The largest absolute Gasteiger partial charge is 0.279 e. The summed E-state index contributed by atoms with van der Waals surface area (Å²) in [6.45, 7) is 4.02. The molecule has 0 aromatic carbocycles. The van der Waals surface area contributed by atoms with Gasteiger partial charge in [0, 0.05) is 24.1 Å². The van der Waals surface area contributed by atoms with Gasteiger partial charge in [-0.1, -0.05) is 29.5 Å². The lowest BCUT2D eigenvalue weighted by Gasteiger charge is -2.29. The quantitative estimate of drug-likeness (QED) is 0.617. The van der Waals surface area contributed by atoms with E-state index in [2.05, 4.69) is 34.2 Å². The number of piperidine rings is 1. The molecule has 0 saturated carbocycles. The summed E-state index contributed by atoms with van der Waals surface area (Å²) in [4.78, 5) is 0. The Labute approximate surface area is 99.8 Å². The summed E-state index contributed by atoms with van der Waals surface area (Å²) in [5.74, 6) is 0.658. The molecule has 0 radical (unpaired) electrons. The van der Waals surface area contributed by atoms with Gasteiger partial charge in [0.15, 0.2) is 0 Å². The second-order valence-electron chi connectivity index (χ2n) is 3.67. The van der Waals surface area contributed by atoms with Crippen molar-refractivity contribution in [1.82, 2.24) is 9.03 Å². The molecule has 1 heterocycles. The molecule has 1 aliphatic heterocycles. The highest BCUT2D eigenvalue weighted by molar-refractivity contribution is 14.1. The van der Waals surface area contributed by atoms with E-state index in [9.17, 15) is 8.42 Å². The normalized spacial score (nSPS) is 21.3. The van der Waals surface area contributed by atoms with Gasteiger partial charge in [-0.2, -0.15) is 12.7 Å². The number of hydrogen-bond acceptors (Lipinski definition) is 2. The Bertz CT molecular complexity index is 261. The summed E-state index contributed by atoms with van der Waals surface area (Å²) in [7, 11) is -3.19. The Hall–Kier alpha value is 0.600. The minimum absolute atomic E-state index is 0.523. The Morgan fingerprint density at radius 3 is 2.50 bits per heavy atom. The molecule has 1 N–H and O–H groups in total. The van der Waals surface area contributed by atoms with Gasteiger partial charge >= 0.3 is 0 Å². The Kier molecular flexibility index (Phi) is 5.09. The van der Waals surface area contributed by atoms with E-state index in [1.54, 1.807) is 4.31 Å². The van der Waals surface area contributed by atoms with Crippen LogP contribution in [0, 0.1) is 5.92 Å². The minimum Gasteiger partial charge on any atom is -0.201 e. The van der Waals surface area contributed by atoms with E-state index in [1.165, 1.54) is 0 Å². The molecule has 14 heavy (non-hydrogen) atoms.